The average molecular weight is 228 g/mol. The molecule has 0 bridgehead atoms. The van der Waals surface area contributed by atoms with Gasteiger partial charge < -0.3 is 10.6 Å². The van der Waals surface area contributed by atoms with Gasteiger partial charge in [0.25, 0.3) is 0 Å². The van der Waals surface area contributed by atoms with Crippen LogP contribution < -0.4 is 10.6 Å². The second-order valence-electron chi connectivity index (χ2n) is 3.42. The zero-order valence-corrected chi connectivity index (χ0v) is 8.92. The Balaban J connectivity index is 1.70. The molecule has 0 spiro atoms. The Morgan fingerprint density at radius 3 is 3.00 bits per heavy atom. The second-order valence-corrected chi connectivity index (χ2v) is 4.43. The van der Waals surface area contributed by atoms with Gasteiger partial charge in [-0.2, -0.15) is 0 Å². The highest BCUT2D eigenvalue weighted by Gasteiger charge is 2.19. The minimum atomic E-state index is -0.425. The van der Waals surface area contributed by atoms with Gasteiger partial charge in [0.1, 0.15) is 6.20 Å². The Kier molecular flexibility index (Phi) is 3.12. The summed E-state index contributed by atoms with van der Waals surface area (Å²) in [6.07, 6.45) is 3.81. The standard InChI is InChI=1S/C8H12N4O2S/c13-12(14)7-5-11-8(15-7)10-4-3-9-6-1-2-6/h5-6,9H,1-4H2,(H,10,11). The van der Waals surface area contributed by atoms with Crippen LogP contribution in [-0.4, -0.2) is 29.0 Å². The molecular formula is C8H12N4O2S. The molecule has 1 aliphatic rings. The molecule has 7 heteroatoms. The van der Waals surface area contributed by atoms with Crippen LogP contribution in [0.4, 0.5) is 10.1 Å². The van der Waals surface area contributed by atoms with Crippen molar-refractivity contribution in [1.82, 2.24) is 10.3 Å². The van der Waals surface area contributed by atoms with Crippen molar-refractivity contribution in [3.63, 3.8) is 0 Å². The van der Waals surface area contributed by atoms with Gasteiger partial charge >= 0.3 is 5.00 Å². The molecule has 82 valence electrons. The summed E-state index contributed by atoms with van der Waals surface area (Å²) >= 11 is 1.07. The van der Waals surface area contributed by atoms with Gasteiger partial charge in [0, 0.05) is 19.1 Å². The quantitative estimate of drug-likeness (QED) is 0.434. The Bertz CT molecular complexity index is 350. The van der Waals surface area contributed by atoms with Crippen LogP contribution in [-0.2, 0) is 0 Å². The highest BCUT2D eigenvalue weighted by atomic mass is 32.1. The number of hydrogen-bond donors (Lipinski definition) is 2. The summed E-state index contributed by atoms with van der Waals surface area (Å²) < 4.78 is 0. The second kappa shape index (κ2) is 4.54. The van der Waals surface area contributed by atoms with E-state index in [-0.39, 0.29) is 5.00 Å². The van der Waals surface area contributed by atoms with Crippen molar-refractivity contribution < 1.29 is 4.92 Å². The van der Waals surface area contributed by atoms with Crippen LogP contribution in [0.5, 0.6) is 0 Å². The Morgan fingerprint density at radius 1 is 1.60 bits per heavy atom. The Hall–Kier alpha value is -1.21. The van der Waals surface area contributed by atoms with Crippen LogP contribution in [0.2, 0.25) is 0 Å². The molecule has 0 aliphatic heterocycles. The predicted octanol–water partition coefficient (Wildman–Crippen LogP) is 1.22. The largest absolute Gasteiger partial charge is 0.360 e. The van der Waals surface area contributed by atoms with E-state index in [4.69, 9.17) is 0 Å². The molecule has 2 N–H and O–H groups in total. The van der Waals surface area contributed by atoms with E-state index in [9.17, 15) is 10.1 Å². The Labute approximate surface area is 90.9 Å². The van der Waals surface area contributed by atoms with Crippen LogP contribution in [0, 0.1) is 10.1 Å². The van der Waals surface area contributed by atoms with E-state index in [0.29, 0.717) is 11.2 Å². The van der Waals surface area contributed by atoms with E-state index in [0.717, 1.165) is 24.4 Å². The maximum atomic E-state index is 10.4. The molecule has 1 aromatic heterocycles. The highest BCUT2D eigenvalue weighted by molar-refractivity contribution is 7.18. The summed E-state index contributed by atoms with van der Waals surface area (Å²) in [6.45, 7) is 1.62. The van der Waals surface area contributed by atoms with Crippen LogP contribution in [0.25, 0.3) is 0 Å². The maximum Gasteiger partial charge on any atom is 0.345 e. The van der Waals surface area contributed by atoms with Crippen molar-refractivity contribution in [3.05, 3.63) is 16.3 Å². The van der Waals surface area contributed by atoms with Gasteiger partial charge in [-0.25, -0.2) is 4.98 Å². The highest BCUT2D eigenvalue weighted by Crippen LogP contribution is 2.24. The molecule has 0 aromatic carbocycles. The topological polar surface area (TPSA) is 80.1 Å². The third-order valence-electron chi connectivity index (χ3n) is 2.09. The van der Waals surface area contributed by atoms with Gasteiger partial charge in [-0.15, -0.1) is 0 Å². The predicted molar refractivity (Wildman–Crippen MR) is 58.3 cm³/mol. The molecule has 6 nitrogen and oxygen atoms in total. The smallest absolute Gasteiger partial charge is 0.345 e. The normalized spacial score (nSPS) is 15.2. The molecular weight excluding hydrogens is 216 g/mol. The number of hydrogen-bond acceptors (Lipinski definition) is 6. The lowest BCUT2D eigenvalue weighted by molar-refractivity contribution is -0.380. The lowest BCUT2D eigenvalue weighted by Gasteiger charge is -2.02. The molecule has 15 heavy (non-hydrogen) atoms. The zero-order chi connectivity index (χ0) is 10.7. The van der Waals surface area contributed by atoms with Gasteiger partial charge in [-0.3, -0.25) is 10.1 Å². The van der Waals surface area contributed by atoms with E-state index >= 15 is 0 Å². The molecule has 0 unspecified atom stereocenters. The molecule has 1 saturated carbocycles. The summed E-state index contributed by atoms with van der Waals surface area (Å²) in [5.74, 6) is 0. The summed E-state index contributed by atoms with van der Waals surface area (Å²) in [4.78, 5) is 13.9. The number of thiazole rings is 1. The van der Waals surface area contributed by atoms with Crippen molar-refractivity contribution in [2.75, 3.05) is 18.4 Å². The first-order chi connectivity index (χ1) is 7.25. The summed E-state index contributed by atoms with van der Waals surface area (Å²) in [6, 6.07) is 0.692. The van der Waals surface area contributed by atoms with Crippen LogP contribution >= 0.6 is 11.3 Å². The first-order valence-electron chi connectivity index (χ1n) is 4.83. The number of nitrogens with zero attached hydrogens (tertiary/aromatic N) is 2. The molecule has 1 aromatic rings. The molecule has 1 fully saturated rings. The van der Waals surface area contributed by atoms with Crippen molar-refractivity contribution in [2.24, 2.45) is 0 Å². The van der Waals surface area contributed by atoms with Gasteiger partial charge in [0.05, 0.1) is 4.92 Å². The first kappa shape index (κ1) is 10.3. The van der Waals surface area contributed by atoms with Gasteiger partial charge in [-0.1, -0.05) is 0 Å². The van der Waals surface area contributed by atoms with Gasteiger partial charge in [-0.05, 0) is 24.2 Å². The Morgan fingerprint density at radius 2 is 2.40 bits per heavy atom. The lowest BCUT2D eigenvalue weighted by atomic mass is 10.6. The molecule has 0 amide bonds. The SMILES string of the molecule is O=[N+]([O-])c1cnc(NCCNC2CC2)s1. The fourth-order valence-electron chi connectivity index (χ4n) is 1.16. The van der Waals surface area contributed by atoms with E-state index in [1.165, 1.54) is 19.0 Å². The summed E-state index contributed by atoms with van der Waals surface area (Å²) in [7, 11) is 0. The zero-order valence-electron chi connectivity index (χ0n) is 8.10. The van der Waals surface area contributed by atoms with Crippen molar-refractivity contribution in [2.45, 2.75) is 18.9 Å². The van der Waals surface area contributed by atoms with Crippen LogP contribution in [0.3, 0.4) is 0 Å². The van der Waals surface area contributed by atoms with Crippen molar-refractivity contribution in [1.29, 1.82) is 0 Å². The molecule has 0 atom stereocenters. The van der Waals surface area contributed by atoms with Gasteiger partial charge in [0.15, 0.2) is 5.13 Å². The van der Waals surface area contributed by atoms with Gasteiger partial charge in [0.2, 0.25) is 0 Å². The van der Waals surface area contributed by atoms with E-state index in [1.54, 1.807) is 0 Å². The lowest BCUT2D eigenvalue weighted by Crippen LogP contribution is -2.23. The fourth-order valence-corrected chi connectivity index (χ4v) is 1.82. The number of anilines is 1. The first-order valence-corrected chi connectivity index (χ1v) is 5.65. The third-order valence-corrected chi connectivity index (χ3v) is 2.99. The third kappa shape index (κ3) is 3.14. The fraction of sp³-hybridized carbons (Fsp3) is 0.625. The number of nitrogens with one attached hydrogen (secondary N) is 2. The van der Waals surface area contributed by atoms with Crippen LogP contribution in [0.15, 0.2) is 6.20 Å². The minimum Gasteiger partial charge on any atom is -0.360 e. The van der Waals surface area contributed by atoms with E-state index in [2.05, 4.69) is 15.6 Å². The van der Waals surface area contributed by atoms with Crippen LogP contribution in [0.1, 0.15) is 12.8 Å². The maximum absolute atomic E-state index is 10.4. The van der Waals surface area contributed by atoms with Crippen molar-refractivity contribution >= 4 is 21.5 Å². The van der Waals surface area contributed by atoms with E-state index in [1.807, 2.05) is 0 Å². The molecule has 0 radical (unpaired) electrons. The molecule has 1 heterocycles. The number of nitro groups is 1. The summed E-state index contributed by atoms with van der Waals surface area (Å²) in [5.41, 5.74) is 0. The minimum absolute atomic E-state index is 0.0765. The molecule has 1 aliphatic carbocycles. The monoisotopic (exact) mass is 228 g/mol. The number of rotatable bonds is 6. The molecule has 2 rings (SSSR count). The average Bonchev–Trinajstić information content (AvgIpc) is 2.90. The van der Waals surface area contributed by atoms with Crippen molar-refractivity contribution in [3.8, 4) is 0 Å². The van der Waals surface area contributed by atoms with E-state index < -0.39 is 4.92 Å². The molecule has 0 saturated heterocycles. The number of aromatic nitrogens is 1. The summed E-state index contributed by atoms with van der Waals surface area (Å²) in [5, 5.41) is 17.4.